The van der Waals surface area contributed by atoms with Crippen LogP contribution in [0, 0.1) is 5.41 Å². The number of nitrogens with zero attached hydrogens (tertiary/aromatic N) is 1. The van der Waals surface area contributed by atoms with Gasteiger partial charge in [-0.25, -0.2) is 5.43 Å². The predicted molar refractivity (Wildman–Crippen MR) is 106 cm³/mol. The zero-order valence-corrected chi connectivity index (χ0v) is 16.2. The van der Waals surface area contributed by atoms with E-state index in [1.165, 1.54) is 6.21 Å². The second-order valence-electron chi connectivity index (χ2n) is 6.65. The van der Waals surface area contributed by atoms with E-state index in [4.69, 9.17) is 23.2 Å². The molecule has 2 amide bonds. The van der Waals surface area contributed by atoms with Crippen LogP contribution in [-0.2, 0) is 4.79 Å². The summed E-state index contributed by atoms with van der Waals surface area (Å²) >= 11 is 11.9. The molecule has 2 aromatic carbocycles. The number of benzene rings is 2. The van der Waals surface area contributed by atoms with Gasteiger partial charge in [-0.3, -0.25) is 9.59 Å². The summed E-state index contributed by atoms with van der Waals surface area (Å²) in [5.74, 6) is -0.473. The average molecular weight is 392 g/mol. The van der Waals surface area contributed by atoms with Gasteiger partial charge in [-0.2, -0.15) is 5.10 Å². The third-order valence-corrected chi connectivity index (χ3v) is 3.98. The largest absolute Gasteiger partial charge is 0.326 e. The minimum atomic E-state index is -0.492. The van der Waals surface area contributed by atoms with E-state index in [-0.39, 0.29) is 11.8 Å². The molecule has 2 rings (SSSR count). The summed E-state index contributed by atoms with van der Waals surface area (Å²) in [5, 5.41) is 7.65. The highest BCUT2D eigenvalue weighted by Gasteiger charge is 2.21. The van der Waals surface area contributed by atoms with Gasteiger partial charge in [-0.1, -0.05) is 50.0 Å². The molecule has 0 unspecified atom stereocenters. The lowest BCUT2D eigenvalue weighted by molar-refractivity contribution is -0.123. The molecule has 0 spiro atoms. The number of anilines is 1. The molecule has 2 N–H and O–H groups in total. The quantitative estimate of drug-likeness (QED) is 0.583. The van der Waals surface area contributed by atoms with Gasteiger partial charge in [-0.05, 0) is 36.4 Å². The number of rotatable bonds is 4. The fraction of sp³-hybridized carbons (Fsp3) is 0.211. The van der Waals surface area contributed by atoms with Crippen LogP contribution in [0.25, 0.3) is 0 Å². The van der Waals surface area contributed by atoms with E-state index in [0.717, 1.165) is 0 Å². The maximum Gasteiger partial charge on any atom is 0.271 e. The number of halogens is 2. The number of hydrazone groups is 1. The van der Waals surface area contributed by atoms with Gasteiger partial charge in [0.1, 0.15) is 0 Å². The van der Waals surface area contributed by atoms with Gasteiger partial charge in [0, 0.05) is 27.3 Å². The summed E-state index contributed by atoms with van der Waals surface area (Å²) in [6.07, 6.45) is 1.44. The first-order valence-electron chi connectivity index (χ1n) is 7.87. The van der Waals surface area contributed by atoms with Gasteiger partial charge in [0.05, 0.1) is 11.2 Å². The van der Waals surface area contributed by atoms with Crippen molar-refractivity contribution in [3.8, 4) is 0 Å². The Kier molecular flexibility index (Phi) is 6.40. The summed E-state index contributed by atoms with van der Waals surface area (Å²) in [6, 6.07) is 11.5. The van der Waals surface area contributed by atoms with Crippen LogP contribution in [0.5, 0.6) is 0 Å². The number of hydrogen-bond donors (Lipinski definition) is 2. The lowest BCUT2D eigenvalue weighted by Crippen LogP contribution is -2.27. The zero-order valence-electron chi connectivity index (χ0n) is 14.6. The maximum absolute atomic E-state index is 12.1. The molecule has 0 heterocycles. The van der Waals surface area contributed by atoms with Crippen LogP contribution in [0.2, 0.25) is 10.0 Å². The van der Waals surface area contributed by atoms with E-state index >= 15 is 0 Å². The van der Waals surface area contributed by atoms with E-state index < -0.39 is 5.41 Å². The molecular weight excluding hydrogens is 373 g/mol. The lowest BCUT2D eigenvalue weighted by atomic mass is 9.95. The van der Waals surface area contributed by atoms with Crippen molar-refractivity contribution in [1.29, 1.82) is 0 Å². The molecule has 0 aliphatic carbocycles. The Bertz CT molecular complexity index is 841. The number of hydrogen-bond acceptors (Lipinski definition) is 3. The number of amides is 2. The van der Waals surface area contributed by atoms with Gasteiger partial charge < -0.3 is 5.32 Å². The molecule has 0 atom stereocenters. The topological polar surface area (TPSA) is 70.6 Å². The third-order valence-electron chi connectivity index (χ3n) is 3.42. The molecule has 136 valence electrons. The number of nitrogens with one attached hydrogen (secondary N) is 2. The molecule has 0 bridgehead atoms. The molecule has 0 aliphatic heterocycles. The monoisotopic (exact) mass is 391 g/mol. The Balaban J connectivity index is 1.97. The molecule has 5 nitrogen and oxygen atoms in total. The van der Waals surface area contributed by atoms with E-state index in [1.54, 1.807) is 42.5 Å². The summed E-state index contributed by atoms with van der Waals surface area (Å²) in [6.45, 7) is 5.49. The molecular formula is C19H19Cl2N3O2. The van der Waals surface area contributed by atoms with Crippen molar-refractivity contribution in [2.75, 3.05) is 5.32 Å². The van der Waals surface area contributed by atoms with Crippen LogP contribution in [-0.4, -0.2) is 18.0 Å². The Hall–Kier alpha value is -2.37. The molecule has 0 aromatic heterocycles. The van der Waals surface area contributed by atoms with Gasteiger partial charge >= 0.3 is 0 Å². The van der Waals surface area contributed by atoms with Crippen LogP contribution in [0.1, 0.15) is 36.7 Å². The van der Waals surface area contributed by atoms with E-state index in [1.807, 2.05) is 20.8 Å². The molecule has 26 heavy (non-hydrogen) atoms. The van der Waals surface area contributed by atoms with Gasteiger partial charge in [0.25, 0.3) is 5.91 Å². The Labute approximate surface area is 162 Å². The van der Waals surface area contributed by atoms with Crippen molar-refractivity contribution in [2.24, 2.45) is 10.5 Å². The minimum Gasteiger partial charge on any atom is -0.326 e. The number of carbonyl (C=O) groups excluding carboxylic acids is 2. The summed E-state index contributed by atoms with van der Waals surface area (Å²) < 4.78 is 0. The summed E-state index contributed by atoms with van der Waals surface area (Å²) in [4.78, 5) is 24.0. The fourth-order valence-corrected chi connectivity index (χ4v) is 2.31. The van der Waals surface area contributed by atoms with Crippen molar-refractivity contribution >= 4 is 46.9 Å². The van der Waals surface area contributed by atoms with Crippen molar-refractivity contribution < 1.29 is 9.59 Å². The second-order valence-corrected chi connectivity index (χ2v) is 7.49. The molecule has 0 aliphatic rings. The van der Waals surface area contributed by atoms with Gasteiger partial charge in [0.2, 0.25) is 5.91 Å². The Morgan fingerprint density at radius 2 is 1.69 bits per heavy atom. The van der Waals surface area contributed by atoms with Crippen LogP contribution < -0.4 is 10.7 Å². The highest BCUT2D eigenvalue weighted by molar-refractivity contribution is 6.36. The normalized spacial score (nSPS) is 11.4. The first-order chi connectivity index (χ1) is 12.2. The van der Waals surface area contributed by atoms with E-state index in [9.17, 15) is 9.59 Å². The van der Waals surface area contributed by atoms with Crippen LogP contribution in [0.3, 0.4) is 0 Å². The molecule has 0 fully saturated rings. The van der Waals surface area contributed by atoms with Gasteiger partial charge in [-0.15, -0.1) is 0 Å². The Morgan fingerprint density at radius 1 is 1.04 bits per heavy atom. The molecule has 2 aromatic rings. The Morgan fingerprint density at radius 3 is 2.27 bits per heavy atom. The maximum atomic E-state index is 12.1. The smallest absolute Gasteiger partial charge is 0.271 e. The SMILES string of the molecule is CC(C)(C)C(=O)Nc1ccc(C(=O)N/N=C/c2ccc(Cl)cc2Cl)cc1. The average Bonchev–Trinajstić information content (AvgIpc) is 2.56. The number of carbonyl (C=O) groups is 2. The van der Waals surface area contributed by atoms with Crippen molar-refractivity contribution in [2.45, 2.75) is 20.8 Å². The summed E-state index contributed by atoms with van der Waals surface area (Å²) in [7, 11) is 0. The van der Waals surface area contributed by atoms with Gasteiger partial charge in [0.15, 0.2) is 0 Å². The van der Waals surface area contributed by atoms with Crippen LogP contribution >= 0.6 is 23.2 Å². The lowest BCUT2D eigenvalue weighted by Gasteiger charge is -2.17. The van der Waals surface area contributed by atoms with Crippen molar-refractivity contribution in [3.63, 3.8) is 0 Å². The minimum absolute atomic E-state index is 0.0980. The standard InChI is InChI=1S/C19H19Cl2N3O2/c1-19(2,3)18(26)23-15-8-5-12(6-9-15)17(25)24-22-11-13-4-7-14(20)10-16(13)21/h4-11H,1-3H3,(H,23,26)(H,24,25)/b22-11+. The first-order valence-corrected chi connectivity index (χ1v) is 8.62. The highest BCUT2D eigenvalue weighted by atomic mass is 35.5. The summed E-state index contributed by atoms with van der Waals surface area (Å²) in [5.41, 5.74) is 3.61. The zero-order chi connectivity index (χ0) is 19.3. The van der Waals surface area contributed by atoms with Crippen LogP contribution in [0.15, 0.2) is 47.6 Å². The molecule has 7 heteroatoms. The fourth-order valence-electron chi connectivity index (χ4n) is 1.85. The molecule has 0 saturated heterocycles. The first kappa shape index (κ1) is 19.9. The molecule has 0 saturated carbocycles. The predicted octanol–water partition coefficient (Wildman–Crippen LogP) is 4.74. The third kappa shape index (κ3) is 5.58. The second kappa shape index (κ2) is 8.34. The highest BCUT2D eigenvalue weighted by Crippen LogP contribution is 2.19. The van der Waals surface area contributed by atoms with Crippen molar-refractivity contribution in [3.05, 3.63) is 63.6 Å². The van der Waals surface area contributed by atoms with E-state index in [2.05, 4.69) is 15.8 Å². The van der Waals surface area contributed by atoms with Crippen molar-refractivity contribution in [1.82, 2.24) is 5.43 Å². The van der Waals surface area contributed by atoms with Crippen LogP contribution in [0.4, 0.5) is 5.69 Å². The molecule has 0 radical (unpaired) electrons. The van der Waals surface area contributed by atoms with E-state index in [0.29, 0.717) is 26.9 Å².